The number of hydrogen-bond acceptors (Lipinski definition) is 5. The van der Waals surface area contributed by atoms with E-state index in [0.717, 1.165) is 43.8 Å². The Morgan fingerprint density at radius 2 is 2.15 bits per heavy atom. The lowest BCUT2D eigenvalue weighted by Crippen LogP contribution is -2.49. The number of aliphatic imine (C=N–C) groups is 1. The van der Waals surface area contributed by atoms with Crippen LogP contribution in [-0.4, -0.2) is 61.3 Å². The molecule has 3 heterocycles. The van der Waals surface area contributed by atoms with Crippen molar-refractivity contribution < 1.29 is 4.74 Å². The Hall–Kier alpha value is -0.450. The summed E-state index contributed by atoms with van der Waals surface area (Å²) in [5.41, 5.74) is 1.07. The van der Waals surface area contributed by atoms with Crippen molar-refractivity contribution in [2.24, 2.45) is 10.9 Å². The van der Waals surface area contributed by atoms with Crippen molar-refractivity contribution in [3.8, 4) is 0 Å². The average molecular weight is 507 g/mol. The van der Waals surface area contributed by atoms with Gasteiger partial charge in [0.15, 0.2) is 5.96 Å². The van der Waals surface area contributed by atoms with Gasteiger partial charge in [0.2, 0.25) is 0 Å². The zero-order valence-corrected chi connectivity index (χ0v) is 19.7. The molecule has 0 radical (unpaired) electrons. The van der Waals surface area contributed by atoms with Crippen LogP contribution in [0.25, 0.3) is 0 Å². The number of hydrogen-bond donors (Lipinski definition) is 2. The summed E-state index contributed by atoms with van der Waals surface area (Å²) in [6.07, 6.45) is 4.58. The second-order valence-electron chi connectivity index (χ2n) is 7.23. The van der Waals surface area contributed by atoms with Gasteiger partial charge < -0.3 is 20.3 Å². The Morgan fingerprint density at radius 3 is 2.78 bits per heavy atom. The monoisotopic (exact) mass is 507 g/mol. The van der Waals surface area contributed by atoms with Crippen molar-refractivity contribution in [2.45, 2.75) is 52.1 Å². The highest BCUT2D eigenvalue weighted by Gasteiger charge is 2.24. The van der Waals surface area contributed by atoms with E-state index in [9.17, 15) is 0 Å². The van der Waals surface area contributed by atoms with E-state index in [1.54, 1.807) is 11.3 Å². The van der Waals surface area contributed by atoms with Crippen molar-refractivity contribution in [1.29, 1.82) is 0 Å². The fourth-order valence-corrected chi connectivity index (χ4v) is 4.35. The third-order valence-electron chi connectivity index (χ3n) is 5.11. The molecule has 0 saturated carbocycles. The van der Waals surface area contributed by atoms with E-state index in [1.807, 2.05) is 0 Å². The van der Waals surface area contributed by atoms with E-state index < -0.39 is 0 Å². The summed E-state index contributed by atoms with van der Waals surface area (Å²) in [7, 11) is 0. The molecular weight excluding hydrogens is 473 g/mol. The molecule has 2 fully saturated rings. The van der Waals surface area contributed by atoms with Crippen molar-refractivity contribution in [1.82, 2.24) is 20.5 Å². The first-order valence-electron chi connectivity index (χ1n) is 10.0. The van der Waals surface area contributed by atoms with Gasteiger partial charge in [0.25, 0.3) is 0 Å². The average Bonchev–Trinajstić information content (AvgIpc) is 3.33. The number of aryl methyl sites for hydroxylation is 1. The molecule has 0 bridgehead atoms. The van der Waals surface area contributed by atoms with Gasteiger partial charge in [-0.15, -0.1) is 35.3 Å². The molecule has 27 heavy (non-hydrogen) atoms. The molecule has 2 aliphatic heterocycles. The van der Waals surface area contributed by atoms with E-state index in [2.05, 4.69) is 39.7 Å². The largest absolute Gasteiger partial charge is 0.381 e. The van der Waals surface area contributed by atoms with Crippen LogP contribution in [0.3, 0.4) is 0 Å². The van der Waals surface area contributed by atoms with Gasteiger partial charge in [-0.05, 0) is 38.5 Å². The molecule has 0 aliphatic carbocycles. The first kappa shape index (κ1) is 22.8. The van der Waals surface area contributed by atoms with Crippen LogP contribution in [0.4, 0.5) is 0 Å². The number of nitrogens with zero attached hydrogens (tertiary/aromatic N) is 3. The standard InChI is InChI=1S/C19H33N5OS.HI/c1-3-18-22-17(14-26-18)11-21-19(20-4-2)23-16-5-8-24(9-6-16)12-15-7-10-25-13-15;/h14-16H,3-13H2,1-2H3,(H2,20,21,23);1H. The van der Waals surface area contributed by atoms with Gasteiger partial charge >= 0.3 is 0 Å². The Balaban J connectivity index is 0.00000261. The van der Waals surface area contributed by atoms with Gasteiger partial charge in [0.1, 0.15) is 0 Å². The highest BCUT2D eigenvalue weighted by Crippen LogP contribution is 2.17. The van der Waals surface area contributed by atoms with Crippen molar-refractivity contribution >= 4 is 41.3 Å². The number of thiazole rings is 1. The van der Waals surface area contributed by atoms with E-state index in [4.69, 9.17) is 9.73 Å². The second kappa shape index (κ2) is 12.2. The minimum Gasteiger partial charge on any atom is -0.381 e. The molecule has 0 spiro atoms. The quantitative estimate of drug-likeness (QED) is 0.338. The van der Waals surface area contributed by atoms with Crippen LogP contribution >= 0.6 is 35.3 Å². The Bertz CT molecular complexity index is 568. The lowest BCUT2D eigenvalue weighted by Gasteiger charge is -2.34. The van der Waals surface area contributed by atoms with E-state index in [-0.39, 0.29) is 24.0 Å². The minimum absolute atomic E-state index is 0. The van der Waals surface area contributed by atoms with Gasteiger partial charge in [-0.1, -0.05) is 6.92 Å². The first-order chi connectivity index (χ1) is 12.8. The maximum absolute atomic E-state index is 5.50. The predicted molar refractivity (Wildman–Crippen MR) is 123 cm³/mol. The van der Waals surface area contributed by atoms with Crippen LogP contribution in [0.1, 0.15) is 43.8 Å². The van der Waals surface area contributed by atoms with Crippen LogP contribution in [0.2, 0.25) is 0 Å². The summed E-state index contributed by atoms with van der Waals surface area (Å²) < 4.78 is 5.50. The second-order valence-corrected chi connectivity index (χ2v) is 8.17. The zero-order chi connectivity index (χ0) is 18.2. The van der Waals surface area contributed by atoms with Crippen molar-refractivity contribution in [3.05, 3.63) is 16.1 Å². The SMILES string of the molecule is CCNC(=NCc1csc(CC)n1)NC1CCN(CC2CCOC2)CC1.I. The topological polar surface area (TPSA) is 61.8 Å². The summed E-state index contributed by atoms with van der Waals surface area (Å²) >= 11 is 1.73. The molecule has 3 rings (SSSR count). The number of halogens is 1. The van der Waals surface area contributed by atoms with Gasteiger partial charge in [0, 0.05) is 44.2 Å². The molecule has 0 aromatic carbocycles. The first-order valence-corrected chi connectivity index (χ1v) is 10.9. The van der Waals surface area contributed by atoms with E-state index in [0.29, 0.717) is 12.6 Å². The fraction of sp³-hybridized carbons (Fsp3) is 0.789. The molecule has 1 aromatic rings. The summed E-state index contributed by atoms with van der Waals surface area (Å²) in [5, 5.41) is 10.3. The summed E-state index contributed by atoms with van der Waals surface area (Å²) in [6, 6.07) is 0.505. The van der Waals surface area contributed by atoms with E-state index >= 15 is 0 Å². The highest BCUT2D eigenvalue weighted by molar-refractivity contribution is 14.0. The third-order valence-corrected chi connectivity index (χ3v) is 6.16. The van der Waals surface area contributed by atoms with Crippen LogP contribution < -0.4 is 10.6 Å². The maximum Gasteiger partial charge on any atom is 0.191 e. The zero-order valence-electron chi connectivity index (χ0n) is 16.6. The molecule has 2 N–H and O–H groups in total. The van der Waals surface area contributed by atoms with Gasteiger partial charge in [-0.3, -0.25) is 0 Å². The Labute approximate surface area is 184 Å². The minimum atomic E-state index is 0. The smallest absolute Gasteiger partial charge is 0.191 e. The van der Waals surface area contributed by atoms with Gasteiger partial charge in [-0.2, -0.15) is 0 Å². The van der Waals surface area contributed by atoms with Crippen LogP contribution in [0.15, 0.2) is 10.4 Å². The van der Waals surface area contributed by atoms with Crippen molar-refractivity contribution in [2.75, 3.05) is 39.4 Å². The number of aromatic nitrogens is 1. The molecule has 6 nitrogen and oxygen atoms in total. The molecule has 1 atom stereocenters. The Morgan fingerprint density at radius 1 is 1.33 bits per heavy atom. The number of piperidine rings is 1. The molecule has 1 unspecified atom stereocenters. The molecule has 8 heteroatoms. The lowest BCUT2D eigenvalue weighted by molar-refractivity contribution is 0.150. The summed E-state index contributed by atoms with van der Waals surface area (Å²) in [5.74, 6) is 1.66. The number of ether oxygens (including phenoxy) is 1. The van der Waals surface area contributed by atoms with Gasteiger partial charge in [-0.25, -0.2) is 9.98 Å². The number of guanidine groups is 1. The molecule has 0 amide bonds. The van der Waals surface area contributed by atoms with E-state index in [1.165, 1.54) is 43.9 Å². The van der Waals surface area contributed by atoms with Crippen LogP contribution in [0, 0.1) is 5.92 Å². The Kier molecular flexibility index (Phi) is 10.3. The third kappa shape index (κ3) is 7.47. The molecular formula is C19H34IN5OS. The maximum atomic E-state index is 5.50. The summed E-state index contributed by atoms with van der Waals surface area (Å²) in [4.78, 5) is 11.9. The molecule has 154 valence electrons. The normalized spacial score (nSPS) is 21.9. The van der Waals surface area contributed by atoms with Crippen molar-refractivity contribution in [3.63, 3.8) is 0 Å². The lowest BCUT2D eigenvalue weighted by atomic mass is 10.0. The fourth-order valence-electron chi connectivity index (χ4n) is 3.61. The van der Waals surface area contributed by atoms with Gasteiger partial charge in [0.05, 0.1) is 23.9 Å². The molecule has 2 saturated heterocycles. The number of rotatable bonds is 7. The number of nitrogens with one attached hydrogen (secondary N) is 2. The summed E-state index contributed by atoms with van der Waals surface area (Å²) in [6.45, 7) is 11.2. The predicted octanol–water partition coefficient (Wildman–Crippen LogP) is 2.88. The highest BCUT2D eigenvalue weighted by atomic mass is 127. The number of likely N-dealkylation sites (tertiary alicyclic amines) is 1. The van der Waals surface area contributed by atoms with Crippen LogP contribution in [-0.2, 0) is 17.7 Å². The molecule has 1 aromatic heterocycles. The van der Waals surface area contributed by atoms with Crippen LogP contribution in [0.5, 0.6) is 0 Å². The molecule has 2 aliphatic rings.